The predicted molar refractivity (Wildman–Crippen MR) is 151 cm³/mol. The minimum absolute atomic E-state index is 0.0122. The molecule has 7 heteroatoms. The van der Waals surface area contributed by atoms with E-state index in [1.54, 1.807) is 43.4 Å². The number of carbonyl (C=O) groups is 1. The summed E-state index contributed by atoms with van der Waals surface area (Å²) in [6.45, 7) is 1.97. The molecule has 0 amide bonds. The van der Waals surface area contributed by atoms with Crippen LogP contribution in [0.5, 0.6) is 11.5 Å². The molecule has 0 saturated carbocycles. The number of benzene rings is 3. The number of rotatable bonds is 5. The van der Waals surface area contributed by atoms with E-state index >= 15 is 0 Å². The second-order valence-corrected chi connectivity index (χ2v) is 9.90. The summed E-state index contributed by atoms with van der Waals surface area (Å²) in [4.78, 5) is 15.5. The molecule has 38 heavy (non-hydrogen) atoms. The van der Waals surface area contributed by atoms with Crippen LogP contribution in [-0.2, 0) is 4.79 Å². The SMILES string of the molecule is COc1ccc(OC)c(C2C3=C(CCCC3=O)N(c3ccc(Cl)cc3)C(=N)/C2=C(/O)c2ccc(C)cc2)c1. The van der Waals surface area contributed by atoms with Crippen molar-refractivity contribution in [3.05, 3.63) is 105 Å². The summed E-state index contributed by atoms with van der Waals surface area (Å²) in [6.07, 6.45) is 1.69. The number of Topliss-reactive ketones (excluding diaryl/α,β-unsaturated/α-hetero) is 1. The summed E-state index contributed by atoms with van der Waals surface area (Å²) in [5, 5.41) is 21.8. The minimum atomic E-state index is -0.722. The first kappa shape index (κ1) is 25.6. The first-order chi connectivity index (χ1) is 18.3. The Labute approximate surface area is 227 Å². The number of methoxy groups -OCH3 is 2. The van der Waals surface area contributed by atoms with Crippen molar-refractivity contribution in [1.29, 1.82) is 5.41 Å². The van der Waals surface area contributed by atoms with Gasteiger partial charge in [-0.15, -0.1) is 0 Å². The molecule has 3 aromatic rings. The maximum Gasteiger partial charge on any atom is 0.161 e. The maximum atomic E-state index is 13.7. The molecule has 0 fully saturated rings. The van der Waals surface area contributed by atoms with Gasteiger partial charge in [0.25, 0.3) is 0 Å². The molecule has 1 atom stereocenters. The highest BCUT2D eigenvalue weighted by Gasteiger charge is 2.44. The summed E-state index contributed by atoms with van der Waals surface area (Å²) in [6, 6.07) is 20.0. The van der Waals surface area contributed by atoms with Crippen molar-refractivity contribution in [2.45, 2.75) is 32.1 Å². The molecule has 3 aromatic carbocycles. The van der Waals surface area contributed by atoms with Gasteiger partial charge in [-0.1, -0.05) is 41.4 Å². The Morgan fingerprint density at radius 2 is 1.71 bits per heavy atom. The number of hydrogen-bond donors (Lipinski definition) is 2. The zero-order valence-corrected chi connectivity index (χ0v) is 22.3. The number of aliphatic hydroxyl groups excluding tert-OH is 1. The van der Waals surface area contributed by atoms with Gasteiger partial charge in [0.05, 0.1) is 20.1 Å². The van der Waals surface area contributed by atoms with Gasteiger partial charge in [0, 0.05) is 45.1 Å². The second kappa shape index (κ2) is 10.4. The third kappa shape index (κ3) is 4.45. The fourth-order valence-electron chi connectivity index (χ4n) is 5.31. The van der Waals surface area contributed by atoms with E-state index in [-0.39, 0.29) is 17.4 Å². The van der Waals surface area contributed by atoms with Crippen LogP contribution in [0.4, 0.5) is 5.69 Å². The second-order valence-electron chi connectivity index (χ2n) is 9.47. The molecule has 6 nitrogen and oxygen atoms in total. The molecule has 2 N–H and O–H groups in total. The number of nitrogens with zero attached hydrogens (tertiary/aromatic N) is 1. The smallest absolute Gasteiger partial charge is 0.161 e. The molecule has 0 spiro atoms. The van der Waals surface area contributed by atoms with Crippen LogP contribution in [0.2, 0.25) is 5.02 Å². The largest absolute Gasteiger partial charge is 0.507 e. The lowest BCUT2D eigenvalue weighted by Crippen LogP contribution is -2.42. The molecule has 0 bridgehead atoms. The molecule has 0 saturated heterocycles. The van der Waals surface area contributed by atoms with Gasteiger partial charge in [-0.2, -0.15) is 0 Å². The fraction of sp³-hybridized carbons (Fsp3) is 0.226. The summed E-state index contributed by atoms with van der Waals surface area (Å²) >= 11 is 6.17. The Balaban J connectivity index is 1.86. The lowest BCUT2D eigenvalue weighted by molar-refractivity contribution is -0.116. The van der Waals surface area contributed by atoms with E-state index < -0.39 is 5.92 Å². The Bertz CT molecular complexity index is 1470. The Morgan fingerprint density at radius 1 is 1.00 bits per heavy atom. The number of carbonyl (C=O) groups excluding carboxylic acids is 1. The molecular weight excluding hydrogens is 500 g/mol. The minimum Gasteiger partial charge on any atom is -0.507 e. The Morgan fingerprint density at radius 3 is 2.37 bits per heavy atom. The van der Waals surface area contributed by atoms with Gasteiger partial charge in [0.2, 0.25) is 0 Å². The van der Waals surface area contributed by atoms with Crippen LogP contribution in [0.15, 0.2) is 83.6 Å². The molecule has 2 aliphatic rings. The van der Waals surface area contributed by atoms with Gasteiger partial charge >= 0.3 is 0 Å². The van der Waals surface area contributed by atoms with Gasteiger partial charge in [-0.05, 0) is 62.2 Å². The lowest BCUT2D eigenvalue weighted by Gasteiger charge is -2.42. The van der Waals surface area contributed by atoms with Crippen molar-refractivity contribution in [1.82, 2.24) is 0 Å². The molecular formula is C31H29ClN2O4. The molecule has 1 aliphatic heterocycles. The molecule has 0 radical (unpaired) electrons. The van der Waals surface area contributed by atoms with E-state index in [0.717, 1.165) is 11.3 Å². The van der Waals surface area contributed by atoms with Crippen molar-refractivity contribution < 1.29 is 19.4 Å². The van der Waals surface area contributed by atoms with Gasteiger partial charge < -0.3 is 14.6 Å². The van der Waals surface area contributed by atoms with Crippen LogP contribution in [-0.4, -0.2) is 30.9 Å². The zero-order valence-electron chi connectivity index (χ0n) is 21.5. The number of ether oxygens (including phenoxy) is 2. The maximum absolute atomic E-state index is 13.7. The van der Waals surface area contributed by atoms with Crippen LogP contribution in [0, 0.1) is 12.3 Å². The van der Waals surface area contributed by atoms with Crippen molar-refractivity contribution in [2.75, 3.05) is 19.1 Å². The third-order valence-electron chi connectivity index (χ3n) is 7.17. The van der Waals surface area contributed by atoms with Crippen LogP contribution >= 0.6 is 11.6 Å². The van der Waals surface area contributed by atoms with Gasteiger partial charge in [0.15, 0.2) is 5.78 Å². The number of anilines is 1. The van der Waals surface area contributed by atoms with Crippen LogP contribution in [0.3, 0.4) is 0 Å². The Hall–Kier alpha value is -4.03. The van der Waals surface area contributed by atoms with Crippen molar-refractivity contribution in [3.63, 3.8) is 0 Å². The number of nitrogens with one attached hydrogen (secondary N) is 1. The molecule has 5 rings (SSSR count). The summed E-state index contributed by atoms with van der Waals surface area (Å²) in [7, 11) is 3.15. The van der Waals surface area contributed by atoms with Gasteiger partial charge in [-0.3, -0.25) is 15.1 Å². The fourth-order valence-corrected chi connectivity index (χ4v) is 5.44. The normalized spacial score (nSPS) is 18.8. The van der Waals surface area contributed by atoms with Gasteiger partial charge in [0.1, 0.15) is 23.1 Å². The van der Waals surface area contributed by atoms with E-state index in [4.69, 9.17) is 21.1 Å². The van der Waals surface area contributed by atoms with E-state index in [2.05, 4.69) is 0 Å². The third-order valence-corrected chi connectivity index (χ3v) is 7.42. The number of halogens is 1. The number of aliphatic hydroxyl groups is 1. The van der Waals surface area contributed by atoms with E-state index in [1.807, 2.05) is 49.4 Å². The Kier molecular flexibility index (Phi) is 7.00. The highest BCUT2D eigenvalue weighted by molar-refractivity contribution is 6.30. The van der Waals surface area contributed by atoms with Crippen LogP contribution in [0.25, 0.3) is 5.76 Å². The van der Waals surface area contributed by atoms with Gasteiger partial charge in [-0.25, -0.2) is 0 Å². The first-order valence-corrected chi connectivity index (χ1v) is 12.8. The quantitative estimate of drug-likeness (QED) is 0.341. The number of amidine groups is 1. The van der Waals surface area contributed by atoms with Crippen molar-refractivity contribution in [2.24, 2.45) is 0 Å². The van der Waals surface area contributed by atoms with E-state index in [9.17, 15) is 15.3 Å². The number of aryl methyl sites for hydroxylation is 1. The van der Waals surface area contributed by atoms with E-state index in [1.165, 1.54) is 0 Å². The molecule has 1 aliphatic carbocycles. The number of ketones is 1. The molecule has 194 valence electrons. The topological polar surface area (TPSA) is 82.9 Å². The van der Waals surface area contributed by atoms with Crippen molar-refractivity contribution >= 4 is 34.7 Å². The number of allylic oxidation sites excluding steroid dienone is 2. The van der Waals surface area contributed by atoms with Crippen LogP contribution in [0.1, 0.15) is 41.9 Å². The zero-order chi connectivity index (χ0) is 27.0. The predicted octanol–water partition coefficient (Wildman–Crippen LogP) is 7.22. The van der Waals surface area contributed by atoms with Crippen molar-refractivity contribution in [3.8, 4) is 11.5 Å². The highest BCUT2D eigenvalue weighted by atomic mass is 35.5. The number of hydrogen-bond acceptors (Lipinski definition) is 5. The van der Waals surface area contributed by atoms with E-state index in [0.29, 0.717) is 63.7 Å². The average molecular weight is 529 g/mol. The highest BCUT2D eigenvalue weighted by Crippen LogP contribution is 2.50. The summed E-state index contributed by atoms with van der Waals surface area (Å²) in [5.41, 5.74) is 4.60. The summed E-state index contributed by atoms with van der Waals surface area (Å²) < 4.78 is 11.2. The molecule has 0 aromatic heterocycles. The lowest BCUT2D eigenvalue weighted by atomic mass is 9.73. The standard InChI is InChI=1S/C31H29ClN2O4/c1-18-7-9-19(10-8-18)30(36)29-27(23-17-22(37-2)15-16-26(23)38-3)28-24(5-4-6-25(28)35)34(31(29)33)21-13-11-20(32)12-14-21/h7-17,27,33,36H,4-6H2,1-3H3/b30-29+,33-31?. The average Bonchev–Trinajstić information content (AvgIpc) is 2.93. The van der Waals surface area contributed by atoms with Crippen LogP contribution < -0.4 is 14.4 Å². The first-order valence-electron chi connectivity index (χ1n) is 12.5. The monoisotopic (exact) mass is 528 g/mol. The molecule has 1 heterocycles. The summed E-state index contributed by atoms with van der Waals surface area (Å²) in [5.74, 6) is 0.430. The molecule has 1 unspecified atom stereocenters.